The minimum absolute atomic E-state index is 0.0297. The van der Waals surface area contributed by atoms with Crippen LogP contribution in [0.3, 0.4) is 0 Å². The number of hydrogen-bond donors (Lipinski definition) is 1. The molecule has 2 heterocycles. The summed E-state index contributed by atoms with van der Waals surface area (Å²) in [6.45, 7) is 1.85. The molecule has 0 saturated carbocycles. The number of rotatable bonds is 6. The Bertz CT molecular complexity index is 1280. The molecule has 1 amide bonds. The molecule has 0 aliphatic carbocycles. The number of thiocarbonyl (C=S) groups is 1. The number of esters is 1. The molecule has 9 nitrogen and oxygen atoms in total. The molecule has 2 aromatic carbocycles. The summed E-state index contributed by atoms with van der Waals surface area (Å²) >= 11 is 5.58. The highest BCUT2D eigenvalue weighted by Crippen LogP contribution is 2.35. The van der Waals surface area contributed by atoms with Crippen LogP contribution in [0.2, 0.25) is 0 Å². The molecular weight excluding hydrogens is 454 g/mol. The van der Waals surface area contributed by atoms with Crippen LogP contribution < -0.4 is 15.0 Å². The molecule has 2 atom stereocenters. The number of carbonyl (C=O) groups excluding carboxylic acids is 2. The highest BCUT2D eigenvalue weighted by atomic mass is 32.1. The molecule has 10 heteroatoms. The van der Waals surface area contributed by atoms with Crippen molar-refractivity contribution >= 4 is 34.8 Å². The standard InChI is InChI=1S/C24H21N5O4S/c1-3-33-24(31)20-19(14-28(27-20)15-8-5-4-6-9-15)21-26-22(30)18(13-25)23(34)29(21)16-10-7-11-17(12-16)32-2/h4-12,14,18,21H,3H2,1-2H3,(H,26,30)/t18-,21+/m1/s1. The van der Waals surface area contributed by atoms with E-state index in [1.807, 2.05) is 36.4 Å². The second-order valence-corrected chi connectivity index (χ2v) is 7.73. The molecule has 1 saturated heterocycles. The first kappa shape index (κ1) is 22.9. The first-order valence-electron chi connectivity index (χ1n) is 10.5. The van der Waals surface area contributed by atoms with Gasteiger partial charge in [0.25, 0.3) is 0 Å². The molecular formula is C24H21N5O4S. The van der Waals surface area contributed by atoms with E-state index < -0.39 is 24.0 Å². The molecule has 0 unspecified atom stereocenters. The first-order chi connectivity index (χ1) is 16.5. The minimum Gasteiger partial charge on any atom is -0.497 e. The average molecular weight is 476 g/mol. The molecule has 1 N–H and O–H groups in total. The summed E-state index contributed by atoms with van der Waals surface area (Å²) in [7, 11) is 1.54. The van der Waals surface area contributed by atoms with Gasteiger partial charge in [-0.3, -0.25) is 4.79 Å². The van der Waals surface area contributed by atoms with Crippen molar-refractivity contribution in [2.24, 2.45) is 5.92 Å². The number of benzene rings is 2. The highest BCUT2D eigenvalue weighted by Gasteiger charge is 2.42. The Kier molecular flexibility index (Phi) is 6.56. The smallest absolute Gasteiger partial charge is 0.359 e. The van der Waals surface area contributed by atoms with E-state index in [0.717, 1.165) is 0 Å². The number of nitriles is 1. The molecule has 1 aliphatic heterocycles. The van der Waals surface area contributed by atoms with Crippen LogP contribution in [-0.4, -0.2) is 40.4 Å². The van der Waals surface area contributed by atoms with Crippen molar-refractivity contribution in [1.82, 2.24) is 15.1 Å². The minimum atomic E-state index is -1.17. The number of amides is 1. The van der Waals surface area contributed by atoms with Gasteiger partial charge in [0.1, 0.15) is 16.9 Å². The van der Waals surface area contributed by atoms with Crippen LogP contribution in [-0.2, 0) is 9.53 Å². The Labute approximate surface area is 201 Å². The lowest BCUT2D eigenvalue weighted by Gasteiger charge is -2.39. The van der Waals surface area contributed by atoms with Crippen molar-refractivity contribution in [2.45, 2.75) is 13.1 Å². The fourth-order valence-corrected chi connectivity index (χ4v) is 4.06. The number of anilines is 1. The summed E-state index contributed by atoms with van der Waals surface area (Å²) in [5.41, 5.74) is 1.70. The number of nitrogens with one attached hydrogen (secondary N) is 1. The third-order valence-corrected chi connectivity index (χ3v) is 5.70. The van der Waals surface area contributed by atoms with Crippen molar-refractivity contribution in [3.63, 3.8) is 0 Å². The number of aromatic nitrogens is 2. The van der Waals surface area contributed by atoms with Crippen LogP contribution >= 0.6 is 12.2 Å². The van der Waals surface area contributed by atoms with Crippen molar-refractivity contribution in [1.29, 1.82) is 5.26 Å². The summed E-state index contributed by atoms with van der Waals surface area (Å²) in [6, 6.07) is 18.2. The van der Waals surface area contributed by atoms with Gasteiger partial charge in [-0.15, -0.1) is 0 Å². The predicted molar refractivity (Wildman–Crippen MR) is 128 cm³/mol. The van der Waals surface area contributed by atoms with Crippen LogP contribution in [0, 0.1) is 17.2 Å². The molecule has 3 aromatic rings. The molecule has 0 spiro atoms. The van der Waals surface area contributed by atoms with Crippen LogP contribution in [0.4, 0.5) is 5.69 Å². The first-order valence-corrected chi connectivity index (χ1v) is 10.9. The Morgan fingerprint density at radius 3 is 2.62 bits per heavy atom. The number of para-hydroxylation sites is 1. The Morgan fingerprint density at radius 2 is 1.94 bits per heavy atom. The predicted octanol–water partition coefficient (Wildman–Crippen LogP) is 3.16. The Hall–Kier alpha value is -4.23. The molecule has 34 heavy (non-hydrogen) atoms. The van der Waals surface area contributed by atoms with Crippen molar-refractivity contribution < 1.29 is 19.1 Å². The monoisotopic (exact) mass is 475 g/mol. The zero-order valence-electron chi connectivity index (χ0n) is 18.5. The normalized spacial score (nSPS) is 17.6. The maximum atomic E-state index is 12.8. The number of nitrogens with zero attached hydrogens (tertiary/aromatic N) is 4. The van der Waals surface area contributed by atoms with Crippen LogP contribution in [0.5, 0.6) is 5.75 Å². The maximum absolute atomic E-state index is 12.8. The molecule has 4 rings (SSSR count). The molecule has 1 fully saturated rings. The summed E-state index contributed by atoms with van der Waals surface area (Å²) in [4.78, 5) is 27.4. The SMILES string of the molecule is CCOC(=O)c1nn(-c2ccccc2)cc1[C@H]1NC(=O)[C@@H](C#N)C(=S)N1c1cccc(OC)c1. The Morgan fingerprint density at radius 1 is 1.21 bits per heavy atom. The van der Waals surface area contributed by atoms with Crippen molar-refractivity contribution in [2.75, 3.05) is 18.6 Å². The maximum Gasteiger partial charge on any atom is 0.359 e. The van der Waals surface area contributed by atoms with E-state index in [9.17, 15) is 14.9 Å². The Balaban J connectivity index is 1.89. The molecule has 0 radical (unpaired) electrons. The summed E-state index contributed by atoms with van der Waals surface area (Å²) < 4.78 is 12.1. The highest BCUT2D eigenvalue weighted by molar-refractivity contribution is 7.80. The molecule has 0 bridgehead atoms. The van der Waals surface area contributed by atoms with Gasteiger partial charge >= 0.3 is 5.97 Å². The van der Waals surface area contributed by atoms with E-state index in [2.05, 4.69) is 10.4 Å². The van der Waals surface area contributed by atoms with Crippen molar-refractivity contribution in [3.05, 3.63) is 72.1 Å². The summed E-state index contributed by atoms with van der Waals surface area (Å²) in [6.07, 6.45) is 0.739. The van der Waals surface area contributed by atoms with Gasteiger partial charge in [0.15, 0.2) is 11.6 Å². The van der Waals surface area contributed by atoms with E-state index in [-0.39, 0.29) is 17.3 Å². The van der Waals surface area contributed by atoms with Crippen LogP contribution in [0.25, 0.3) is 5.69 Å². The van der Waals surface area contributed by atoms with Gasteiger partial charge in [0, 0.05) is 23.5 Å². The van der Waals surface area contributed by atoms with Gasteiger partial charge in [0.05, 0.1) is 25.5 Å². The fraction of sp³-hybridized carbons (Fsp3) is 0.208. The quantitative estimate of drug-likeness (QED) is 0.428. The van der Waals surface area contributed by atoms with E-state index in [4.69, 9.17) is 21.7 Å². The number of carbonyl (C=O) groups is 2. The third kappa shape index (κ3) is 4.21. The molecule has 1 aliphatic rings. The topological polar surface area (TPSA) is 109 Å². The van der Waals surface area contributed by atoms with E-state index in [1.54, 1.807) is 42.3 Å². The lowest BCUT2D eigenvalue weighted by molar-refractivity contribution is -0.123. The molecule has 172 valence electrons. The molecule has 1 aromatic heterocycles. The zero-order valence-corrected chi connectivity index (χ0v) is 19.3. The van der Waals surface area contributed by atoms with Gasteiger partial charge in [-0.05, 0) is 31.2 Å². The second kappa shape index (κ2) is 9.72. The van der Waals surface area contributed by atoms with E-state index in [1.165, 1.54) is 11.8 Å². The fourth-order valence-electron chi connectivity index (χ4n) is 3.69. The van der Waals surface area contributed by atoms with E-state index in [0.29, 0.717) is 22.7 Å². The van der Waals surface area contributed by atoms with E-state index >= 15 is 0 Å². The van der Waals surface area contributed by atoms with Gasteiger partial charge < -0.3 is 19.7 Å². The van der Waals surface area contributed by atoms with Gasteiger partial charge in [-0.2, -0.15) is 10.4 Å². The van der Waals surface area contributed by atoms with Crippen LogP contribution in [0.15, 0.2) is 60.8 Å². The lowest BCUT2D eigenvalue weighted by atomic mass is 10.0. The number of hydrogen-bond acceptors (Lipinski definition) is 7. The van der Waals surface area contributed by atoms with Crippen LogP contribution in [0.1, 0.15) is 29.1 Å². The van der Waals surface area contributed by atoms with Gasteiger partial charge in [-0.1, -0.05) is 36.5 Å². The summed E-state index contributed by atoms with van der Waals surface area (Å²) in [5, 5.41) is 16.9. The number of ether oxygens (including phenoxy) is 2. The van der Waals surface area contributed by atoms with Gasteiger partial charge in [0.2, 0.25) is 5.91 Å². The summed E-state index contributed by atoms with van der Waals surface area (Å²) in [5.74, 6) is -1.80. The second-order valence-electron chi connectivity index (χ2n) is 7.32. The lowest BCUT2D eigenvalue weighted by Crippen LogP contribution is -2.56. The zero-order chi connectivity index (χ0) is 24.2. The van der Waals surface area contributed by atoms with Gasteiger partial charge in [-0.25, -0.2) is 9.48 Å². The number of methoxy groups -OCH3 is 1. The largest absolute Gasteiger partial charge is 0.497 e. The average Bonchev–Trinajstić information content (AvgIpc) is 3.30. The third-order valence-electron chi connectivity index (χ3n) is 5.27. The van der Waals surface area contributed by atoms with Crippen molar-refractivity contribution in [3.8, 4) is 17.5 Å².